The van der Waals surface area contributed by atoms with Gasteiger partial charge in [0.25, 0.3) is 0 Å². The molecule has 2 rings (SSSR count). The van der Waals surface area contributed by atoms with Gasteiger partial charge in [-0.2, -0.15) is 4.98 Å². The van der Waals surface area contributed by atoms with E-state index in [4.69, 9.17) is 15.6 Å². The van der Waals surface area contributed by atoms with Crippen molar-refractivity contribution in [1.29, 1.82) is 0 Å². The molecule has 4 atom stereocenters. The summed E-state index contributed by atoms with van der Waals surface area (Å²) in [6.07, 6.45) is -2.09. The molecule has 2 heterocycles. The molecule has 1 saturated heterocycles. The van der Waals surface area contributed by atoms with Crippen LogP contribution in [0.15, 0.2) is 17.1 Å². The Hall–Kier alpha value is -1.48. The SMILES string of the molecule is C[C@]1(O)[C@H](O)[C@@H](CO)O[C@@H]1n1ccc(N)nc1=O. The third-order valence-corrected chi connectivity index (χ3v) is 3.04. The highest BCUT2D eigenvalue weighted by Crippen LogP contribution is 2.37. The molecule has 0 amide bonds. The van der Waals surface area contributed by atoms with E-state index in [1.807, 2.05) is 0 Å². The summed E-state index contributed by atoms with van der Waals surface area (Å²) in [6.45, 7) is 0.853. The average molecular weight is 257 g/mol. The Morgan fingerprint density at radius 2 is 2.33 bits per heavy atom. The van der Waals surface area contributed by atoms with Crippen molar-refractivity contribution in [3.8, 4) is 0 Å². The van der Waals surface area contributed by atoms with E-state index in [1.54, 1.807) is 0 Å². The van der Waals surface area contributed by atoms with Gasteiger partial charge in [-0.15, -0.1) is 0 Å². The number of rotatable bonds is 2. The Labute approximate surface area is 102 Å². The Bertz CT molecular complexity index is 501. The first-order valence-electron chi connectivity index (χ1n) is 5.39. The zero-order valence-corrected chi connectivity index (χ0v) is 9.72. The number of aliphatic hydroxyl groups is 3. The summed E-state index contributed by atoms with van der Waals surface area (Å²) in [7, 11) is 0. The summed E-state index contributed by atoms with van der Waals surface area (Å²) < 4.78 is 6.30. The second-order valence-corrected chi connectivity index (χ2v) is 4.42. The van der Waals surface area contributed by atoms with Crippen LogP contribution in [-0.4, -0.2) is 49.3 Å². The average Bonchev–Trinajstić information content (AvgIpc) is 2.52. The van der Waals surface area contributed by atoms with Gasteiger partial charge in [-0.3, -0.25) is 4.57 Å². The zero-order chi connectivity index (χ0) is 13.5. The molecule has 18 heavy (non-hydrogen) atoms. The number of aromatic nitrogens is 2. The third-order valence-electron chi connectivity index (χ3n) is 3.04. The monoisotopic (exact) mass is 257 g/mol. The number of nitrogens with zero attached hydrogens (tertiary/aromatic N) is 2. The van der Waals surface area contributed by atoms with Crippen molar-refractivity contribution in [3.05, 3.63) is 22.7 Å². The maximum Gasteiger partial charge on any atom is 0.351 e. The van der Waals surface area contributed by atoms with Gasteiger partial charge in [-0.25, -0.2) is 4.79 Å². The Morgan fingerprint density at radius 1 is 1.67 bits per heavy atom. The summed E-state index contributed by atoms with van der Waals surface area (Å²) in [6, 6.07) is 1.37. The van der Waals surface area contributed by atoms with E-state index < -0.39 is 36.3 Å². The molecule has 0 unspecified atom stereocenters. The number of anilines is 1. The lowest BCUT2D eigenvalue weighted by Crippen LogP contribution is -2.46. The largest absolute Gasteiger partial charge is 0.394 e. The normalized spacial score (nSPS) is 35.9. The lowest BCUT2D eigenvalue weighted by Gasteiger charge is -2.27. The van der Waals surface area contributed by atoms with Crippen LogP contribution in [0.25, 0.3) is 0 Å². The molecule has 8 nitrogen and oxygen atoms in total. The number of ether oxygens (including phenoxy) is 1. The van der Waals surface area contributed by atoms with Crippen LogP contribution in [0.5, 0.6) is 0 Å². The first-order chi connectivity index (χ1) is 8.37. The molecule has 0 aromatic carbocycles. The summed E-state index contributed by atoms with van der Waals surface area (Å²) in [4.78, 5) is 15.2. The number of hydrogen-bond acceptors (Lipinski definition) is 7. The van der Waals surface area contributed by atoms with Gasteiger partial charge < -0.3 is 25.8 Å². The quantitative estimate of drug-likeness (QED) is 0.474. The number of nitrogens with two attached hydrogens (primary N) is 1. The minimum atomic E-state index is -1.71. The van der Waals surface area contributed by atoms with Crippen LogP contribution in [0.3, 0.4) is 0 Å². The van der Waals surface area contributed by atoms with E-state index in [9.17, 15) is 15.0 Å². The molecule has 100 valence electrons. The van der Waals surface area contributed by atoms with E-state index in [0.717, 1.165) is 4.57 Å². The van der Waals surface area contributed by atoms with Gasteiger partial charge in [-0.05, 0) is 13.0 Å². The second-order valence-electron chi connectivity index (χ2n) is 4.42. The van der Waals surface area contributed by atoms with Gasteiger partial charge in [0.1, 0.15) is 23.6 Å². The zero-order valence-electron chi connectivity index (χ0n) is 9.72. The van der Waals surface area contributed by atoms with Crippen molar-refractivity contribution in [2.45, 2.75) is 31.0 Å². The van der Waals surface area contributed by atoms with Gasteiger partial charge in [0.05, 0.1) is 6.61 Å². The molecule has 0 spiro atoms. The molecular formula is C10H15N3O5. The fraction of sp³-hybridized carbons (Fsp3) is 0.600. The fourth-order valence-corrected chi connectivity index (χ4v) is 1.99. The molecule has 0 radical (unpaired) electrons. The van der Waals surface area contributed by atoms with E-state index in [2.05, 4.69) is 4.98 Å². The molecule has 1 aliphatic rings. The first kappa shape index (κ1) is 13.0. The Balaban J connectivity index is 2.42. The lowest BCUT2D eigenvalue weighted by atomic mass is 9.96. The molecule has 8 heteroatoms. The topological polar surface area (TPSA) is 131 Å². The van der Waals surface area contributed by atoms with E-state index >= 15 is 0 Å². The summed E-state index contributed by atoms with van der Waals surface area (Å²) >= 11 is 0. The van der Waals surface area contributed by atoms with Gasteiger partial charge in [0.15, 0.2) is 6.23 Å². The van der Waals surface area contributed by atoms with Crippen LogP contribution in [0.4, 0.5) is 5.82 Å². The Kier molecular flexibility index (Phi) is 3.11. The number of nitrogen functional groups attached to an aromatic ring is 1. The van der Waals surface area contributed by atoms with Crippen molar-refractivity contribution < 1.29 is 20.1 Å². The predicted molar refractivity (Wildman–Crippen MR) is 60.5 cm³/mol. The van der Waals surface area contributed by atoms with Crippen LogP contribution in [0, 0.1) is 0 Å². The van der Waals surface area contributed by atoms with Gasteiger partial charge in [0, 0.05) is 6.20 Å². The minimum Gasteiger partial charge on any atom is -0.394 e. The molecule has 1 aromatic heterocycles. The van der Waals surface area contributed by atoms with Crippen molar-refractivity contribution in [3.63, 3.8) is 0 Å². The highest BCUT2D eigenvalue weighted by Gasteiger charge is 2.53. The third kappa shape index (κ3) is 1.89. The lowest BCUT2D eigenvalue weighted by molar-refractivity contribution is -0.0986. The Morgan fingerprint density at radius 3 is 2.83 bits per heavy atom. The summed E-state index contributed by atoms with van der Waals surface area (Å²) in [5.74, 6) is 0.0492. The van der Waals surface area contributed by atoms with Crippen LogP contribution >= 0.6 is 0 Å². The predicted octanol–water partition coefficient (Wildman–Crippen LogP) is -2.17. The van der Waals surface area contributed by atoms with Crippen molar-refractivity contribution >= 4 is 5.82 Å². The van der Waals surface area contributed by atoms with Crippen LogP contribution in [-0.2, 0) is 4.74 Å². The molecule has 1 fully saturated rings. The molecular weight excluding hydrogens is 242 g/mol. The number of aliphatic hydroxyl groups excluding tert-OH is 2. The summed E-state index contributed by atoms with van der Waals surface area (Å²) in [5.41, 5.74) is 2.94. The molecule has 1 aliphatic heterocycles. The van der Waals surface area contributed by atoms with Gasteiger partial charge in [0.2, 0.25) is 0 Å². The molecule has 0 saturated carbocycles. The fourth-order valence-electron chi connectivity index (χ4n) is 1.99. The van der Waals surface area contributed by atoms with Crippen LogP contribution in [0.1, 0.15) is 13.2 Å². The van der Waals surface area contributed by atoms with E-state index in [0.29, 0.717) is 0 Å². The first-order valence-corrected chi connectivity index (χ1v) is 5.39. The standard InChI is InChI=1S/C10H15N3O5/c1-10(17)7(15)5(4-14)18-8(10)13-3-2-6(11)12-9(13)16/h2-3,5,7-8,14-15,17H,4H2,1H3,(H2,11,12,16)/t5-,7-,8+,10+/m1/s1. The van der Waals surface area contributed by atoms with Gasteiger partial charge in [-0.1, -0.05) is 0 Å². The van der Waals surface area contributed by atoms with Crippen LogP contribution < -0.4 is 11.4 Å². The second kappa shape index (κ2) is 4.32. The minimum absolute atomic E-state index is 0.0492. The summed E-state index contributed by atoms with van der Waals surface area (Å²) in [5, 5.41) is 29.0. The number of hydrogen-bond donors (Lipinski definition) is 4. The molecule has 5 N–H and O–H groups in total. The maximum atomic E-state index is 11.7. The highest BCUT2D eigenvalue weighted by molar-refractivity contribution is 5.23. The van der Waals surface area contributed by atoms with Gasteiger partial charge >= 0.3 is 5.69 Å². The smallest absolute Gasteiger partial charge is 0.351 e. The molecule has 0 bridgehead atoms. The van der Waals surface area contributed by atoms with E-state index in [-0.39, 0.29) is 5.82 Å². The van der Waals surface area contributed by atoms with Crippen molar-refractivity contribution in [1.82, 2.24) is 9.55 Å². The van der Waals surface area contributed by atoms with Crippen LogP contribution in [0.2, 0.25) is 0 Å². The maximum absolute atomic E-state index is 11.7. The van der Waals surface area contributed by atoms with Crippen molar-refractivity contribution in [2.24, 2.45) is 0 Å². The van der Waals surface area contributed by atoms with E-state index in [1.165, 1.54) is 19.2 Å². The highest BCUT2D eigenvalue weighted by atomic mass is 16.6. The molecule has 1 aromatic rings. The molecule has 0 aliphatic carbocycles. The van der Waals surface area contributed by atoms with Crippen molar-refractivity contribution in [2.75, 3.05) is 12.3 Å².